The third kappa shape index (κ3) is 6.85. The Hall–Kier alpha value is -3.52. The number of hydrogen-bond donors (Lipinski definition) is 3. The summed E-state index contributed by atoms with van der Waals surface area (Å²) in [5.74, 6) is -8.97. The first-order valence-electron chi connectivity index (χ1n) is 12.0. The number of carbonyl (C=O) groups is 3. The van der Waals surface area contributed by atoms with Crippen molar-refractivity contribution in [3.05, 3.63) is 87.7 Å². The van der Waals surface area contributed by atoms with Gasteiger partial charge in [-0.25, -0.2) is 13.2 Å². The number of nitrogens with one attached hydrogen (secondary N) is 3. The molecule has 16 heteroatoms. The van der Waals surface area contributed by atoms with Gasteiger partial charge >= 0.3 is 6.18 Å². The first-order valence-corrected chi connectivity index (χ1v) is 13.1. The molecule has 43 heavy (non-hydrogen) atoms. The van der Waals surface area contributed by atoms with Crippen molar-refractivity contribution in [3.63, 3.8) is 0 Å². The average molecular weight is 669 g/mol. The van der Waals surface area contributed by atoms with Gasteiger partial charge in [-0.15, -0.1) is 23.2 Å². The maximum atomic E-state index is 14.9. The number of ether oxygens (including phenoxy) is 1. The van der Waals surface area contributed by atoms with Crippen LogP contribution in [0.3, 0.4) is 0 Å². The highest BCUT2D eigenvalue weighted by Crippen LogP contribution is 2.65. The van der Waals surface area contributed by atoms with Crippen LogP contribution in [0.4, 0.5) is 43.4 Å². The molecular formula is C27H18Cl3F6N3O4. The van der Waals surface area contributed by atoms with Crippen LogP contribution in [0.2, 0.25) is 5.02 Å². The number of halogens is 9. The lowest BCUT2D eigenvalue weighted by Crippen LogP contribution is -2.20. The Morgan fingerprint density at radius 2 is 1.60 bits per heavy atom. The second-order valence-corrected chi connectivity index (χ2v) is 11.1. The maximum absolute atomic E-state index is 14.9. The second-order valence-electron chi connectivity index (χ2n) is 9.27. The first kappa shape index (κ1) is 32.4. The van der Waals surface area contributed by atoms with Gasteiger partial charge in [-0.05, 0) is 48.0 Å². The largest absolute Gasteiger partial charge is 0.419 e. The maximum Gasteiger partial charge on any atom is 0.419 e. The van der Waals surface area contributed by atoms with E-state index in [2.05, 4.69) is 15.4 Å². The van der Waals surface area contributed by atoms with Crippen LogP contribution in [0, 0.1) is 23.4 Å². The molecule has 1 saturated carbocycles. The molecule has 2 atom stereocenters. The van der Waals surface area contributed by atoms with E-state index in [1.807, 2.05) is 5.32 Å². The van der Waals surface area contributed by atoms with E-state index in [-0.39, 0.29) is 21.8 Å². The molecule has 0 saturated heterocycles. The van der Waals surface area contributed by atoms with Crippen LogP contribution in [-0.4, -0.2) is 35.8 Å². The van der Waals surface area contributed by atoms with Crippen molar-refractivity contribution in [2.24, 2.45) is 5.92 Å². The predicted molar refractivity (Wildman–Crippen MR) is 147 cm³/mol. The summed E-state index contributed by atoms with van der Waals surface area (Å²) in [7, 11) is 1.20. The highest BCUT2D eigenvalue weighted by molar-refractivity contribution is 6.53. The van der Waals surface area contributed by atoms with Crippen LogP contribution in [0.5, 0.6) is 0 Å². The molecule has 3 N–H and O–H groups in total. The Bertz CT molecular complexity index is 1620. The molecule has 3 aromatic carbocycles. The van der Waals surface area contributed by atoms with Crippen molar-refractivity contribution in [2.45, 2.75) is 16.4 Å². The minimum Gasteiger partial charge on any atom is -0.375 e. The Kier molecular flexibility index (Phi) is 9.21. The van der Waals surface area contributed by atoms with Gasteiger partial charge in [-0.2, -0.15) is 13.2 Å². The van der Waals surface area contributed by atoms with Gasteiger partial charge in [0.05, 0.1) is 27.8 Å². The average Bonchev–Trinajstić information content (AvgIpc) is 3.50. The fraction of sp³-hybridized carbons (Fsp3) is 0.222. The summed E-state index contributed by atoms with van der Waals surface area (Å²) in [4.78, 5) is 37.6. The molecule has 3 amide bonds. The Morgan fingerprint density at radius 3 is 2.26 bits per heavy atom. The Labute approximate surface area is 254 Å². The zero-order valence-corrected chi connectivity index (χ0v) is 23.8. The lowest BCUT2D eigenvalue weighted by atomic mass is 10.0. The minimum absolute atomic E-state index is 0.0171. The summed E-state index contributed by atoms with van der Waals surface area (Å²) in [6.07, 6.45) is -5.00. The predicted octanol–water partition coefficient (Wildman–Crippen LogP) is 7.14. The lowest BCUT2D eigenvalue weighted by Gasteiger charge is -2.13. The van der Waals surface area contributed by atoms with Crippen molar-refractivity contribution in [1.29, 1.82) is 0 Å². The molecule has 1 aliphatic rings. The van der Waals surface area contributed by atoms with E-state index in [4.69, 9.17) is 34.8 Å². The number of carbonyl (C=O) groups excluding carboxylic acids is 3. The number of benzene rings is 3. The van der Waals surface area contributed by atoms with E-state index in [1.165, 1.54) is 19.2 Å². The second kappa shape index (κ2) is 12.2. The minimum atomic E-state index is -5.00. The van der Waals surface area contributed by atoms with Crippen LogP contribution < -0.4 is 16.0 Å². The van der Waals surface area contributed by atoms with Gasteiger partial charge in [0.1, 0.15) is 28.3 Å². The Balaban J connectivity index is 1.52. The van der Waals surface area contributed by atoms with Gasteiger partial charge < -0.3 is 20.7 Å². The number of hydrogen-bond acceptors (Lipinski definition) is 4. The van der Waals surface area contributed by atoms with E-state index in [0.717, 1.165) is 24.3 Å². The standard InChI is InChI=1S/C27H18Cl3F6N3O4/c1-43-10-19(40)39-23-17(32)6-7-18(22(23)33)38-24(41)13-9-12(3-4-15(13)28)37-25(42)21-20(26(21,29)30)11-2-5-16(31)14(8-11)27(34,35)36/h2-9,20-21H,10H2,1H3,(H,37,42)(H,38,41)(H,39,40)/t20-,21+/m0/s1. The van der Waals surface area contributed by atoms with Crippen molar-refractivity contribution >= 4 is 69.6 Å². The van der Waals surface area contributed by atoms with E-state index in [9.17, 15) is 40.7 Å². The summed E-state index contributed by atoms with van der Waals surface area (Å²) in [6, 6.07) is 7.49. The smallest absolute Gasteiger partial charge is 0.375 e. The molecule has 0 aliphatic heterocycles. The normalized spacial score (nSPS) is 17.3. The monoisotopic (exact) mass is 667 g/mol. The topological polar surface area (TPSA) is 96.5 Å². The summed E-state index contributed by atoms with van der Waals surface area (Å²) in [6.45, 7) is -0.488. The fourth-order valence-corrected chi connectivity index (χ4v) is 5.31. The lowest BCUT2D eigenvalue weighted by molar-refractivity contribution is -0.140. The summed E-state index contributed by atoms with van der Waals surface area (Å²) >= 11 is 18.5. The summed E-state index contributed by atoms with van der Waals surface area (Å²) in [5, 5.41) is 6.49. The van der Waals surface area contributed by atoms with Gasteiger partial charge in [-0.3, -0.25) is 14.4 Å². The van der Waals surface area contributed by atoms with E-state index < -0.39 is 81.1 Å². The quantitative estimate of drug-likeness (QED) is 0.176. The highest BCUT2D eigenvalue weighted by Gasteiger charge is 2.67. The van der Waals surface area contributed by atoms with Gasteiger partial charge in [0.2, 0.25) is 5.91 Å². The van der Waals surface area contributed by atoms with Crippen molar-refractivity contribution in [3.8, 4) is 0 Å². The SMILES string of the molecule is COCC(=O)Nc1c(F)ccc(NC(=O)c2cc(NC(=O)[C@H]3[C@H](c4ccc(F)c(C(F)(F)F)c4)C3(Cl)Cl)ccc2Cl)c1F. The first-order chi connectivity index (χ1) is 20.1. The summed E-state index contributed by atoms with van der Waals surface area (Å²) in [5.41, 5.74) is -3.30. The highest BCUT2D eigenvalue weighted by atomic mass is 35.5. The number of amides is 3. The van der Waals surface area contributed by atoms with E-state index >= 15 is 0 Å². The van der Waals surface area contributed by atoms with Crippen molar-refractivity contribution in [1.82, 2.24) is 0 Å². The molecule has 0 bridgehead atoms. The van der Waals surface area contributed by atoms with Gasteiger partial charge in [0.25, 0.3) is 11.8 Å². The summed E-state index contributed by atoms with van der Waals surface area (Å²) < 4.78 is 85.1. The molecule has 0 radical (unpaired) electrons. The molecule has 0 spiro atoms. The number of alkyl halides is 5. The number of rotatable bonds is 8. The molecule has 0 aromatic heterocycles. The van der Waals surface area contributed by atoms with Crippen LogP contribution in [0.1, 0.15) is 27.4 Å². The third-order valence-corrected chi connectivity index (χ3v) is 7.62. The van der Waals surface area contributed by atoms with E-state index in [1.54, 1.807) is 0 Å². The molecule has 228 valence electrons. The van der Waals surface area contributed by atoms with Crippen molar-refractivity contribution < 1.29 is 45.5 Å². The fourth-order valence-electron chi connectivity index (χ4n) is 4.28. The van der Waals surface area contributed by atoms with Crippen LogP contribution in [0.25, 0.3) is 0 Å². The molecule has 4 rings (SSSR count). The number of methoxy groups -OCH3 is 1. The molecular weight excluding hydrogens is 651 g/mol. The zero-order chi connectivity index (χ0) is 31.9. The molecule has 1 aliphatic carbocycles. The molecule has 0 heterocycles. The van der Waals surface area contributed by atoms with Gasteiger partial charge in [0.15, 0.2) is 5.82 Å². The third-order valence-electron chi connectivity index (χ3n) is 6.35. The molecule has 3 aromatic rings. The Morgan fingerprint density at radius 1 is 0.930 bits per heavy atom. The molecule has 0 unspecified atom stereocenters. The van der Waals surface area contributed by atoms with Crippen LogP contribution >= 0.6 is 34.8 Å². The van der Waals surface area contributed by atoms with Crippen LogP contribution in [0.15, 0.2) is 48.5 Å². The van der Waals surface area contributed by atoms with E-state index in [0.29, 0.717) is 12.1 Å². The molecule has 7 nitrogen and oxygen atoms in total. The van der Waals surface area contributed by atoms with Gasteiger partial charge in [0, 0.05) is 18.7 Å². The zero-order valence-electron chi connectivity index (χ0n) is 21.5. The van der Waals surface area contributed by atoms with Gasteiger partial charge in [-0.1, -0.05) is 17.7 Å². The van der Waals surface area contributed by atoms with Crippen molar-refractivity contribution in [2.75, 3.05) is 29.7 Å². The van der Waals surface area contributed by atoms with Crippen LogP contribution in [-0.2, 0) is 20.5 Å². The molecule has 1 fully saturated rings. The number of anilines is 3.